The zero-order valence-corrected chi connectivity index (χ0v) is 11.6. The Morgan fingerprint density at radius 3 is 3.05 bits per heavy atom. The Kier molecular flexibility index (Phi) is 4.79. The molecule has 3 N–H and O–H groups in total. The molecule has 0 saturated carbocycles. The average Bonchev–Trinajstić information content (AvgIpc) is 2.43. The molecule has 1 atom stereocenters. The zero-order chi connectivity index (χ0) is 14.5. The summed E-state index contributed by atoms with van der Waals surface area (Å²) >= 11 is 0. The van der Waals surface area contributed by atoms with Crippen molar-refractivity contribution in [2.45, 2.75) is 19.4 Å². The summed E-state index contributed by atoms with van der Waals surface area (Å²) in [7, 11) is 0. The molecule has 110 valence electrons. The van der Waals surface area contributed by atoms with Gasteiger partial charge in [0.15, 0.2) is 0 Å². The van der Waals surface area contributed by atoms with Crippen LogP contribution in [0.1, 0.15) is 13.3 Å². The van der Waals surface area contributed by atoms with Gasteiger partial charge in [0.05, 0.1) is 13.2 Å². The Balaban J connectivity index is 2.19. The van der Waals surface area contributed by atoms with Gasteiger partial charge in [-0.25, -0.2) is 4.39 Å². The van der Waals surface area contributed by atoms with Crippen LogP contribution in [0.25, 0.3) is 0 Å². The molecule has 1 amide bonds. The van der Waals surface area contributed by atoms with E-state index in [9.17, 15) is 9.18 Å². The number of benzene rings is 1. The van der Waals surface area contributed by atoms with Gasteiger partial charge in [-0.05, 0) is 24.6 Å². The van der Waals surface area contributed by atoms with E-state index >= 15 is 0 Å². The molecule has 0 radical (unpaired) electrons. The number of carbonyl (C=O) groups excluding carboxylic acids is 1. The predicted octanol–water partition coefficient (Wildman–Crippen LogP) is 1.14. The first-order valence-electron chi connectivity index (χ1n) is 6.80. The maximum atomic E-state index is 13.5. The highest BCUT2D eigenvalue weighted by molar-refractivity contribution is 5.85. The van der Waals surface area contributed by atoms with Gasteiger partial charge < -0.3 is 20.7 Å². The number of nitrogens with two attached hydrogens (primary N) is 1. The molecule has 20 heavy (non-hydrogen) atoms. The topological polar surface area (TPSA) is 67.6 Å². The molecule has 0 bridgehead atoms. The highest BCUT2D eigenvalue weighted by atomic mass is 19.1. The Labute approximate surface area is 117 Å². The lowest BCUT2D eigenvalue weighted by atomic mass is 10.1. The Morgan fingerprint density at radius 1 is 1.55 bits per heavy atom. The van der Waals surface area contributed by atoms with E-state index < -0.39 is 11.9 Å². The molecule has 0 aliphatic carbocycles. The van der Waals surface area contributed by atoms with E-state index in [1.165, 1.54) is 12.1 Å². The van der Waals surface area contributed by atoms with Crippen LogP contribution < -0.4 is 16.0 Å². The number of carbonyl (C=O) groups is 1. The van der Waals surface area contributed by atoms with Crippen molar-refractivity contribution in [1.29, 1.82) is 0 Å². The lowest BCUT2D eigenvalue weighted by Crippen LogP contribution is -2.54. The van der Waals surface area contributed by atoms with E-state index in [4.69, 9.17) is 10.5 Å². The van der Waals surface area contributed by atoms with E-state index in [0.717, 1.165) is 6.42 Å². The fourth-order valence-electron chi connectivity index (χ4n) is 2.26. The molecule has 0 aromatic heterocycles. The van der Waals surface area contributed by atoms with Crippen molar-refractivity contribution in [2.24, 2.45) is 0 Å². The summed E-state index contributed by atoms with van der Waals surface area (Å²) in [6.45, 7) is 3.95. The van der Waals surface area contributed by atoms with E-state index in [1.54, 1.807) is 6.07 Å². The third kappa shape index (κ3) is 3.39. The average molecular weight is 281 g/mol. The molecule has 1 aliphatic rings. The summed E-state index contributed by atoms with van der Waals surface area (Å²) in [5.41, 5.74) is 6.63. The molecule has 0 spiro atoms. The number of nitrogens with zero attached hydrogens (tertiary/aromatic N) is 1. The lowest BCUT2D eigenvalue weighted by Gasteiger charge is -2.36. The minimum atomic E-state index is -0.448. The second-order valence-corrected chi connectivity index (χ2v) is 4.82. The quantitative estimate of drug-likeness (QED) is 0.812. The largest absolute Gasteiger partial charge is 0.399 e. The number of nitrogens with one attached hydrogen (secondary N) is 1. The number of ether oxygens (including phenoxy) is 1. The number of anilines is 2. The molecule has 6 heteroatoms. The van der Waals surface area contributed by atoms with Crippen LogP contribution in [-0.2, 0) is 9.53 Å². The first-order valence-corrected chi connectivity index (χ1v) is 6.80. The monoisotopic (exact) mass is 281 g/mol. The van der Waals surface area contributed by atoms with Crippen LogP contribution in [0.4, 0.5) is 15.8 Å². The minimum Gasteiger partial charge on any atom is -0.399 e. The molecule has 1 saturated heterocycles. The maximum Gasteiger partial charge on any atom is 0.245 e. The SMILES string of the molecule is CCCNC(=O)C1COCCN1c1cc(N)cc(F)c1. The predicted molar refractivity (Wildman–Crippen MR) is 76.1 cm³/mol. The molecule has 1 unspecified atom stereocenters. The van der Waals surface area contributed by atoms with Gasteiger partial charge in [-0.1, -0.05) is 6.92 Å². The molecule has 5 nitrogen and oxygen atoms in total. The van der Waals surface area contributed by atoms with E-state index in [2.05, 4.69) is 5.32 Å². The van der Waals surface area contributed by atoms with Crippen molar-refractivity contribution in [2.75, 3.05) is 36.9 Å². The number of hydrogen-bond donors (Lipinski definition) is 2. The van der Waals surface area contributed by atoms with Gasteiger partial charge in [0.1, 0.15) is 11.9 Å². The Morgan fingerprint density at radius 2 is 2.35 bits per heavy atom. The standard InChI is InChI=1S/C14H20FN3O2/c1-2-3-17-14(19)13-9-20-5-4-18(13)12-7-10(15)6-11(16)8-12/h6-8,13H,2-5,9,16H2,1H3,(H,17,19). The van der Waals surface area contributed by atoms with Crippen LogP contribution in [0.5, 0.6) is 0 Å². The van der Waals surface area contributed by atoms with Crippen LogP contribution in [0.2, 0.25) is 0 Å². The normalized spacial score (nSPS) is 18.9. The molecule has 2 rings (SSSR count). The van der Waals surface area contributed by atoms with Crippen LogP contribution in [0.15, 0.2) is 18.2 Å². The molecule has 1 aliphatic heterocycles. The van der Waals surface area contributed by atoms with Crippen molar-refractivity contribution in [3.05, 3.63) is 24.0 Å². The summed E-state index contributed by atoms with van der Waals surface area (Å²) in [6.07, 6.45) is 0.867. The molecule has 1 aromatic rings. The molecular weight excluding hydrogens is 261 g/mol. The third-order valence-corrected chi connectivity index (χ3v) is 3.22. The van der Waals surface area contributed by atoms with Crippen molar-refractivity contribution < 1.29 is 13.9 Å². The summed E-state index contributed by atoms with van der Waals surface area (Å²) in [5, 5.41) is 2.85. The fourth-order valence-corrected chi connectivity index (χ4v) is 2.26. The highest BCUT2D eigenvalue weighted by Crippen LogP contribution is 2.23. The van der Waals surface area contributed by atoms with E-state index in [-0.39, 0.29) is 5.91 Å². The second kappa shape index (κ2) is 6.56. The van der Waals surface area contributed by atoms with Gasteiger partial charge in [0.25, 0.3) is 0 Å². The first-order chi connectivity index (χ1) is 9.61. The molecule has 1 heterocycles. The van der Waals surface area contributed by atoms with Crippen molar-refractivity contribution in [3.8, 4) is 0 Å². The van der Waals surface area contributed by atoms with Gasteiger partial charge >= 0.3 is 0 Å². The van der Waals surface area contributed by atoms with Gasteiger partial charge in [-0.3, -0.25) is 4.79 Å². The number of hydrogen-bond acceptors (Lipinski definition) is 4. The smallest absolute Gasteiger partial charge is 0.245 e. The number of nitrogen functional groups attached to an aromatic ring is 1. The lowest BCUT2D eigenvalue weighted by molar-refractivity contribution is -0.124. The van der Waals surface area contributed by atoms with Crippen molar-refractivity contribution >= 4 is 17.3 Å². The van der Waals surface area contributed by atoms with Gasteiger partial charge in [-0.15, -0.1) is 0 Å². The van der Waals surface area contributed by atoms with Crippen molar-refractivity contribution in [3.63, 3.8) is 0 Å². The number of amides is 1. The summed E-state index contributed by atoms with van der Waals surface area (Å²) in [5.74, 6) is -0.506. The van der Waals surface area contributed by atoms with Gasteiger partial charge in [-0.2, -0.15) is 0 Å². The van der Waals surface area contributed by atoms with Crippen LogP contribution >= 0.6 is 0 Å². The number of morpholine rings is 1. The van der Waals surface area contributed by atoms with Crippen LogP contribution in [-0.4, -0.2) is 38.3 Å². The summed E-state index contributed by atoms with van der Waals surface area (Å²) < 4.78 is 18.8. The minimum absolute atomic E-state index is 0.102. The second-order valence-electron chi connectivity index (χ2n) is 4.82. The van der Waals surface area contributed by atoms with Gasteiger partial charge in [0, 0.05) is 24.5 Å². The fraction of sp³-hybridized carbons (Fsp3) is 0.500. The number of halogens is 1. The third-order valence-electron chi connectivity index (χ3n) is 3.22. The maximum absolute atomic E-state index is 13.5. The zero-order valence-electron chi connectivity index (χ0n) is 11.6. The van der Waals surface area contributed by atoms with Crippen molar-refractivity contribution in [1.82, 2.24) is 5.32 Å². The van der Waals surface area contributed by atoms with Gasteiger partial charge in [0.2, 0.25) is 5.91 Å². The Bertz CT molecular complexity index is 461. The Hall–Kier alpha value is -1.82. The molecule has 1 fully saturated rings. The van der Waals surface area contributed by atoms with E-state index in [1.807, 2.05) is 11.8 Å². The first kappa shape index (κ1) is 14.6. The highest BCUT2D eigenvalue weighted by Gasteiger charge is 2.29. The molecule has 1 aromatic carbocycles. The summed E-state index contributed by atoms with van der Waals surface area (Å²) in [6, 6.07) is 3.88. The van der Waals surface area contributed by atoms with Crippen LogP contribution in [0.3, 0.4) is 0 Å². The van der Waals surface area contributed by atoms with E-state index in [0.29, 0.717) is 37.7 Å². The van der Waals surface area contributed by atoms with Crippen LogP contribution in [0, 0.1) is 5.82 Å². The number of rotatable bonds is 4. The molecular formula is C14H20FN3O2. The summed E-state index contributed by atoms with van der Waals surface area (Å²) in [4.78, 5) is 14.0.